The molecule has 0 fully saturated rings. The van der Waals surface area contributed by atoms with Crippen LogP contribution >= 0.6 is 11.6 Å². The zero-order valence-corrected chi connectivity index (χ0v) is 19.2. The summed E-state index contributed by atoms with van der Waals surface area (Å²) in [4.78, 5) is 22.9. The SMILES string of the molecule is CCCOc1c(Cl)cc(/C=C/C(=O)c2ccc(S(=O)(=O)NCCC(=O)O)cc2)cc1OC. The van der Waals surface area contributed by atoms with Gasteiger partial charge in [-0.1, -0.05) is 24.6 Å². The van der Waals surface area contributed by atoms with Crippen molar-refractivity contribution >= 4 is 39.5 Å². The van der Waals surface area contributed by atoms with Gasteiger partial charge in [-0.2, -0.15) is 0 Å². The summed E-state index contributed by atoms with van der Waals surface area (Å²) in [7, 11) is -2.36. The monoisotopic (exact) mass is 481 g/mol. The van der Waals surface area contributed by atoms with Crippen molar-refractivity contribution < 1.29 is 32.6 Å². The maximum atomic E-state index is 12.5. The lowest BCUT2D eigenvalue weighted by Crippen LogP contribution is -2.26. The Bertz CT molecular complexity index is 1100. The lowest BCUT2D eigenvalue weighted by molar-refractivity contribution is -0.136. The number of hydrogen-bond donors (Lipinski definition) is 2. The van der Waals surface area contributed by atoms with E-state index in [9.17, 15) is 18.0 Å². The molecule has 2 aromatic carbocycles. The zero-order chi connectivity index (χ0) is 23.7. The number of rotatable bonds is 12. The Kier molecular flexibility index (Phi) is 9.25. The molecule has 0 aliphatic carbocycles. The molecule has 0 aromatic heterocycles. The Morgan fingerprint density at radius 2 is 1.88 bits per heavy atom. The average molecular weight is 482 g/mol. The predicted octanol–water partition coefficient (Wildman–Crippen LogP) is 3.79. The van der Waals surface area contributed by atoms with Crippen LogP contribution in [-0.2, 0) is 14.8 Å². The molecule has 0 aliphatic heterocycles. The normalized spacial score (nSPS) is 11.5. The highest BCUT2D eigenvalue weighted by molar-refractivity contribution is 7.89. The Hall–Kier alpha value is -2.88. The van der Waals surface area contributed by atoms with E-state index >= 15 is 0 Å². The molecule has 0 bridgehead atoms. The first-order chi connectivity index (χ1) is 15.2. The smallest absolute Gasteiger partial charge is 0.304 e. The number of carbonyl (C=O) groups excluding carboxylic acids is 1. The van der Waals surface area contributed by atoms with Crippen molar-refractivity contribution in [2.24, 2.45) is 0 Å². The van der Waals surface area contributed by atoms with Crippen LogP contribution in [0.25, 0.3) is 6.08 Å². The van der Waals surface area contributed by atoms with E-state index in [1.54, 1.807) is 18.2 Å². The van der Waals surface area contributed by atoms with Gasteiger partial charge in [-0.3, -0.25) is 9.59 Å². The maximum absolute atomic E-state index is 12.5. The van der Waals surface area contributed by atoms with Crippen molar-refractivity contribution in [3.05, 3.63) is 58.6 Å². The molecule has 2 aromatic rings. The molecule has 32 heavy (non-hydrogen) atoms. The van der Waals surface area contributed by atoms with Crippen LogP contribution in [0.5, 0.6) is 11.5 Å². The number of carboxylic acid groups (broad SMARTS) is 1. The fourth-order valence-corrected chi connectivity index (χ4v) is 3.93. The van der Waals surface area contributed by atoms with E-state index in [1.165, 1.54) is 37.5 Å². The number of methoxy groups -OCH3 is 1. The number of carbonyl (C=O) groups is 2. The molecule has 0 aliphatic rings. The number of halogens is 1. The van der Waals surface area contributed by atoms with Gasteiger partial charge in [0.15, 0.2) is 17.3 Å². The zero-order valence-electron chi connectivity index (χ0n) is 17.6. The van der Waals surface area contributed by atoms with E-state index in [1.807, 2.05) is 6.92 Å². The van der Waals surface area contributed by atoms with Crippen molar-refractivity contribution in [2.75, 3.05) is 20.3 Å². The molecular weight excluding hydrogens is 458 g/mol. The second kappa shape index (κ2) is 11.7. The second-order valence-electron chi connectivity index (χ2n) is 6.65. The molecule has 0 heterocycles. The van der Waals surface area contributed by atoms with Crippen LogP contribution in [0.2, 0.25) is 5.02 Å². The average Bonchev–Trinajstić information content (AvgIpc) is 2.76. The number of sulfonamides is 1. The van der Waals surface area contributed by atoms with E-state index in [0.717, 1.165) is 6.42 Å². The van der Waals surface area contributed by atoms with Gasteiger partial charge < -0.3 is 14.6 Å². The van der Waals surface area contributed by atoms with Gasteiger partial charge in [-0.15, -0.1) is 0 Å². The van der Waals surface area contributed by atoms with E-state index < -0.39 is 16.0 Å². The minimum atomic E-state index is -3.86. The lowest BCUT2D eigenvalue weighted by atomic mass is 10.1. The van der Waals surface area contributed by atoms with Crippen LogP contribution in [0.15, 0.2) is 47.4 Å². The van der Waals surface area contributed by atoms with Crippen LogP contribution in [-0.4, -0.2) is 45.5 Å². The molecule has 2 rings (SSSR count). The number of hydrogen-bond acceptors (Lipinski definition) is 6. The molecule has 0 saturated heterocycles. The number of benzene rings is 2. The van der Waals surface area contributed by atoms with Crippen LogP contribution in [0.1, 0.15) is 35.7 Å². The highest BCUT2D eigenvalue weighted by Gasteiger charge is 2.15. The Labute approximate surface area is 191 Å². The molecule has 0 atom stereocenters. The third-order valence-electron chi connectivity index (χ3n) is 4.21. The van der Waals surface area contributed by atoms with Crippen molar-refractivity contribution in [1.82, 2.24) is 4.72 Å². The van der Waals surface area contributed by atoms with Crippen molar-refractivity contribution in [3.63, 3.8) is 0 Å². The van der Waals surface area contributed by atoms with Gasteiger partial charge in [-0.05, 0) is 54.5 Å². The minimum absolute atomic E-state index is 0.0670. The molecular formula is C22H24ClNO7S. The van der Waals surface area contributed by atoms with E-state index in [-0.39, 0.29) is 29.2 Å². The molecule has 172 valence electrons. The molecule has 0 saturated carbocycles. The van der Waals surface area contributed by atoms with Gasteiger partial charge in [0.1, 0.15) is 0 Å². The summed E-state index contributed by atoms with van der Waals surface area (Å²) in [5.74, 6) is -0.562. The Morgan fingerprint density at radius 3 is 2.47 bits per heavy atom. The van der Waals surface area contributed by atoms with E-state index in [4.69, 9.17) is 26.2 Å². The topological polar surface area (TPSA) is 119 Å². The molecule has 10 heteroatoms. The molecule has 0 radical (unpaired) electrons. The number of ether oxygens (including phenoxy) is 2. The number of nitrogens with one attached hydrogen (secondary N) is 1. The van der Waals surface area contributed by atoms with Gasteiger partial charge in [0.25, 0.3) is 0 Å². The standard InChI is InChI=1S/C22H24ClNO7S/c1-3-12-31-22-18(23)13-15(14-20(22)30-2)4-9-19(25)16-5-7-17(8-6-16)32(28,29)24-11-10-21(26)27/h4-9,13-14,24H,3,10-12H2,1-2H3,(H,26,27)/b9-4+. The van der Waals surface area contributed by atoms with Gasteiger partial charge >= 0.3 is 5.97 Å². The molecule has 2 N–H and O–H groups in total. The Morgan fingerprint density at radius 1 is 1.19 bits per heavy atom. The Balaban J connectivity index is 2.12. The van der Waals surface area contributed by atoms with Crippen molar-refractivity contribution in [3.8, 4) is 11.5 Å². The summed E-state index contributed by atoms with van der Waals surface area (Å²) < 4.78 is 37.4. The fourth-order valence-electron chi connectivity index (χ4n) is 2.62. The van der Waals surface area contributed by atoms with Gasteiger partial charge in [0, 0.05) is 12.1 Å². The summed E-state index contributed by atoms with van der Waals surface area (Å²) in [6, 6.07) is 8.67. The first-order valence-corrected chi connectivity index (χ1v) is 11.6. The highest BCUT2D eigenvalue weighted by atomic mass is 35.5. The van der Waals surface area contributed by atoms with Crippen LogP contribution in [0, 0.1) is 0 Å². The van der Waals surface area contributed by atoms with Gasteiger partial charge in [-0.25, -0.2) is 13.1 Å². The summed E-state index contributed by atoms with van der Waals surface area (Å²) in [6.07, 6.45) is 3.39. The van der Waals surface area contributed by atoms with Gasteiger partial charge in [0.05, 0.1) is 30.1 Å². The summed E-state index contributed by atoms with van der Waals surface area (Å²) >= 11 is 6.28. The predicted molar refractivity (Wildman–Crippen MR) is 121 cm³/mol. The molecule has 0 spiro atoms. The van der Waals surface area contributed by atoms with Crippen molar-refractivity contribution in [1.29, 1.82) is 0 Å². The van der Waals surface area contributed by atoms with Crippen LogP contribution in [0.3, 0.4) is 0 Å². The van der Waals surface area contributed by atoms with E-state index in [0.29, 0.717) is 28.7 Å². The summed E-state index contributed by atoms with van der Waals surface area (Å²) in [6.45, 7) is 2.24. The van der Waals surface area contributed by atoms with Crippen LogP contribution < -0.4 is 14.2 Å². The first kappa shape index (κ1) is 25.4. The van der Waals surface area contributed by atoms with E-state index in [2.05, 4.69) is 4.72 Å². The molecule has 8 nitrogen and oxygen atoms in total. The third kappa shape index (κ3) is 7.08. The molecule has 0 unspecified atom stereocenters. The lowest BCUT2D eigenvalue weighted by Gasteiger charge is -2.12. The second-order valence-corrected chi connectivity index (χ2v) is 8.82. The number of allylic oxidation sites excluding steroid dienone is 1. The minimum Gasteiger partial charge on any atom is -0.493 e. The number of ketones is 1. The summed E-state index contributed by atoms with van der Waals surface area (Å²) in [5.41, 5.74) is 0.914. The number of aliphatic carboxylic acids is 1. The van der Waals surface area contributed by atoms with Crippen LogP contribution in [0.4, 0.5) is 0 Å². The van der Waals surface area contributed by atoms with Crippen molar-refractivity contribution in [2.45, 2.75) is 24.7 Å². The largest absolute Gasteiger partial charge is 0.493 e. The summed E-state index contributed by atoms with van der Waals surface area (Å²) in [5, 5.41) is 8.96. The maximum Gasteiger partial charge on any atom is 0.304 e. The molecule has 0 amide bonds. The third-order valence-corrected chi connectivity index (χ3v) is 5.97. The highest BCUT2D eigenvalue weighted by Crippen LogP contribution is 2.36. The number of carboxylic acids is 1. The quantitative estimate of drug-likeness (QED) is 0.349. The van der Waals surface area contributed by atoms with Gasteiger partial charge in [0.2, 0.25) is 10.0 Å². The first-order valence-electron chi connectivity index (χ1n) is 9.72. The fraction of sp³-hybridized carbons (Fsp3) is 0.273.